The van der Waals surface area contributed by atoms with Gasteiger partial charge in [0.1, 0.15) is 18.4 Å². The molecule has 0 bridgehead atoms. The number of aryl methyl sites for hydroxylation is 1. The van der Waals surface area contributed by atoms with Crippen LogP contribution >= 0.6 is 0 Å². The van der Waals surface area contributed by atoms with E-state index in [0.29, 0.717) is 12.2 Å². The quantitative estimate of drug-likeness (QED) is 0.835. The summed E-state index contributed by atoms with van der Waals surface area (Å²) >= 11 is 0. The average Bonchev–Trinajstić information content (AvgIpc) is 2.77. The van der Waals surface area contributed by atoms with Crippen LogP contribution in [-0.2, 0) is 11.3 Å². The van der Waals surface area contributed by atoms with E-state index in [4.69, 9.17) is 5.73 Å². The third kappa shape index (κ3) is 3.51. The normalized spacial score (nSPS) is 9.89. The Bertz CT molecular complexity index is 494. The summed E-state index contributed by atoms with van der Waals surface area (Å²) in [5.74, 6) is 0.493. The number of nitrogens with zero attached hydrogens (tertiary/aromatic N) is 4. The fraction of sp³-hybridized carbons (Fsp3) is 0.500. The van der Waals surface area contributed by atoms with Crippen molar-refractivity contribution < 1.29 is 4.79 Å². The molecule has 0 atom stereocenters. The minimum absolute atomic E-state index is 0.493. The van der Waals surface area contributed by atoms with E-state index in [2.05, 4.69) is 22.0 Å². The molecule has 0 fully saturated rings. The van der Waals surface area contributed by atoms with Gasteiger partial charge in [-0.2, -0.15) is 5.10 Å². The van der Waals surface area contributed by atoms with Crippen LogP contribution in [0, 0.1) is 0 Å². The number of rotatable bonds is 4. The van der Waals surface area contributed by atoms with E-state index in [1.165, 1.54) is 6.33 Å². The van der Waals surface area contributed by atoms with Crippen molar-refractivity contribution in [2.75, 3.05) is 5.73 Å². The molecule has 98 valence electrons. The van der Waals surface area contributed by atoms with Crippen LogP contribution in [0.2, 0.25) is 0 Å². The molecule has 0 amide bonds. The molecule has 0 unspecified atom stereocenters. The molecule has 2 heterocycles. The zero-order chi connectivity index (χ0) is 13.4. The lowest BCUT2D eigenvalue weighted by molar-refractivity contribution is -0.107. The molecule has 0 radical (unpaired) electrons. The molecule has 0 saturated heterocycles. The third-order valence-corrected chi connectivity index (χ3v) is 2.31. The summed E-state index contributed by atoms with van der Waals surface area (Å²) in [5, 5.41) is 5.01. The van der Waals surface area contributed by atoms with Gasteiger partial charge >= 0.3 is 0 Å². The molecular formula is C12H19N5O. The SMILES string of the molecule is CCCC=O.CCCn1ncc2c(N)ncnc21. The van der Waals surface area contributed by atoms with Gasteiger partial charge in [0, 0.05) is 13.0 Å². The van der Waals surface area contributed by atoms with Crippen molar-refractivity contribution in [3.8, 4) is 0 Å². The molecule has 0 spiro atoms. The zero-order valence-electron chi connectivity index (χ0n) is 10.8. The number of aldehydes is 1. The molecule has 2 rings (SSSR count). The lowest BCUT2D eigenvalue weighted by Gasteiger charge is -1.98. The number of unbranched alkanes of at least 4 members (excludes halogenated alkanes) is 1. The predicted molar refractivity (Wildman–Crippen MR) is 71.0 cm³/mol. The molecule has 2 aromatic rings. The third-order valence-electron chi connectivity index (χ3n) is 2.31. The molecule has 0 saturated carbocycles. The molecule has 6 nitrogen and oxygen atoms in total. The van der Waals surface area contributed by atoms with Gasteiger partial charge in [-0.1, -0.05) is 13.8 Å². The van der Waals surface area contributed by atoms with Gasteiger partial charge in [0.25, 0.3) is 0 Å². The maximum atomic E-state index is 9.40. The van der Waals surface area contributed by atoms with Crippen LogP contribution in [0.3, 0.4) is 0 Å². The van der Waals surface area contributed by atoms with E-state index >= 15 is 0 Å². The van der Waals surface area contributed by atoms with Gasteiger partial charge < -0.3 is 10.5 Å². The largest absolute Gasteiger partial charge is 0.383 e. The minimum atomic E-state index is 0.493. The topological polar surface area (TPSA) is 86.7 Å². The van der Waals surface area contributed by atoms with Gasteiger partial charge in [-0.25, -0.2) is 14.6 Å². The van der Waals surface area contributed by atoms with E-state index in [0.717, 1.165) is 36.7 Å². The van der Waals surface area contributed by atoms with Gasteiger partial charge in [-0.3, -0.25) is 0 Å². The number of nitrogen functional groups attached to an aromatic ring is 1. The maximum absolute atomic E-state index is 9.40. The van der Waals surface area contributed by atoms with Crippen LogP contribution in [0.5, 0.6) is 0 Å². The Labute approximate surface area is 106 Å². The van der Waals surface area contributed by atoms with Crippen molar-refractivity contribution >= 4 is 23.1 Å². The summed E-state index contributed by atoms with van der Waals surface area (Å²) < 4.78 is 1.84. The standard InChI is InChI=1S/C8H11N5.C4H8O/c1-2-3-13-8-6(4-12-13)7(9)10-5-11-8;1-2-3-4-5/h4-5H,2-3H2,1H3,(H2,9,10,11);4H,2-3H2,1H3. The van der Waals surface area contributed by atoms with Crippen molar-refractivity contribution in [1.29, 1.82) is 0 Å². The Morgan fingerprint density at radius 3 is 2.67 bits per heavy atom. The summed E-state index contributed by atoms with van der Waals surface area (Å²) in [6, 6.07) is 0. The van der Waals surface area contributed by atoms with Crippen molar-refractivity contribution in [2.45, 2.75) is 39.7 Å². The molecule has 6 heteroatoms. The van der Waals surface area contributed by atoms with Crippen molar-refractivity contribution in [2.24, 2.45) is 0 Å². The van der Waals surface area contributed by atoms with Crippen LogP contribution in [0.4, 0.5) is 5.82 Å². The highest BCUT2D eigenvalue weighted by atomic mass is 16.1. The molecule has 2 aromatic heterocycles. The predicted octanol–water partition coefficient (Wildman–Crippen LogP) is 1.80. The smallest absolute Gasteiger partial charge is 0.163 e. The fourth-order valence-corrected chi connectivity index (χ4v) is 1.40. The number of nitrogens with two attached hydrogens (primary N) is 1. The summed E-state index contributed by atoms with van der Waals surface area (Å²) in [5.41, 5.74) is 6.48. The molecule has 0 aliphatic heterocycles. The van der Waals surface area contributed by atoms with E-state index in [9.17, 15) is 4.79 Å². The minimum Gasteiger partial charge on any atom is -0.383 e. The van der Waals surface area contributed by atoms with Crippen molar-refractivity contribution in [1.82, 2.24) is 19.7 Å². The first-order chi connectivity index (χ1) is 8.74. The number of hydrogen-bond donors (Lipinski definition) is 1. The van der Waals surface area contributed by atoms with Gasteiger partial charge in [0.15, 0.2) is 5.65 Å². The Balaban J connectivity index is 0.000000280. The Hall–Kier alpha value is -1.98. The van der Waals surface area contributed by atoms with Gasteiger partial charge in [-0.05, 0) is 12.8 Å². The Morgan fingerprint density at radius 1 is 1.33 bits per heavy atom. The van der Waals surface area contributed by atoms with E-state index in [1.807, 2.05) is 11.6 Å². The fourth-order valence-electron chi connectivity index (χ4n) is 1.40. The first-order valence-electron chi connectivity index (χ1n) is 6.10. The first kappa shape index (κ1) is 14.1. The van der Waals surface area contributed by atoms with E-state index in [1.54, 1.807) is 6.20 Å². The van der Waals surface area contributed by atoms with Crippen molar-refractivity contribution in [3.63, 3.8) is 0 Å². The second-order valence-electron chi connectivity index (χ2n) is 3.82. The van der Waals surface area contributed by atoms with Crippen LogP contribution in [0.1, 0.15) is 33.1 Å². The second-order valence-corrected chi connectivity index (χ2v) is 3.82. The maximum Gasteiger partial charge on any atom is 0.163 e. The van der Waals surface area contributed by atoms with Crippen LogP contribution in [0.15, 0.2) is 12.5 Å². The highest BCUT2D eigenvalue weighted by Crippen LogP contribution is 2.15. The molecule has 0 aliphatic carbocycles. The summed E-state index contributed by atoms with van der Waals surface area (Å²) in [6.45, 7) is 4.94. The van der Waals surface area contributed by atoms with Gasteiger partial charge in [-0.15, -0.1) is 0 Å². The number of hydrogen-bond acceptors (Lipinski definition) is 5. The number of anilines is 1. The molecular weight excluding hydrogens is 230 g/mol. The summed E-state index contributed by atoms with van der Waals surface area (Å²) in [4.78, 5) is 17.4. The Kier molecular flexibility index (Phi) is 5.76. The molecule has 0 aromatic carbocycles. The number of fused-ring (bicyclic) bond motifs is 1. The summed E-state index contributed by atoms with van der Waals surface area (Å²) in [6.07, 6.45) is 6.82. The lowest BCUT2D eigenvalue weighted by atomic mass is 10.4. The molecule has 18 heavy (non-hydrogen) atoms. The highest BCUT2D eigenvalue weighted by Gasteiger charge is 2.05. The van der Waals surface area contributed by atoms with Crippen molar-refractivity contribution in [3.05, 3.63) is 12.5 Å². The number of aromatic nitrogens is 4. The van der Waals surface area contributed by atoms with E-state index < -0.39 is 0 Å². The lowest BCUT2D eigenvalue weighted by Crippen LogP contribution is -2.00. The zero-order valence-corrected chi connectivity index (χ0v) is 10.8. The molecule has 0 aliphatic rings. The highest BCUT2D eigenvalue weighted by molar-refractivity contribution is 5.84. The van der Waals surface area contributed by atoms with Crippen LogP contribution in [0.25, 0.3) is 11.0 Å². The van der Waals surface area contributed by atoms with Crippen LogP contribution < -0.4 is 5.73 Å². The average molecular weight is 249 g/mol. The molecule has 2 N–H and O–H groups in total. The Morgan fingerprint density at radius 2 is 2.11 bits per heavy atom. The monoisotopic (exact) mass is 249 g/mol. The second kappa shape index (κ2) is 7.37. The summed E-state index contributed by atoms with van der Waals surface area (Å²) in [7, 11) is 0. The number of carbonyl (C=O) groups excluding carboxylic acids is 1. The number of carbonyl (C=O) groups is 1. The first-order valence-corrected chi connectivity index (χ1v) is 6.10. The van der Waals surface area contributed by atoms with Crippen LogP contribution in [-0.4, -0.2) is 26.0 Å². The van der Waals surface area contributed by atoms with Gasteiger partial charge in [0.05, 0.1) is 11.6 Å². The van der Waals surface area contributed by atoms with Gasteiger partial charge in [0.2, 0.25) is 0 Å². The van der Waals surface area contributed by atoms with E-state index in [-0.39, 0.29) is 0 Å².